The van der Waals surface area contributed by atoms with Crippen LogP contribution >= 0.6 is 0 Å². The molecule has 0 amide bonds. The third-order valence-electron chi connectivity index (χ3n) is 1.05. The minimum atomic E-state index is -1.19. The second-order valence-corrected chi connectivity index (χ2v) is 3.20. The van der Waals surface area contributed by atoms with E-state index in [1.165, 1.54) is 31.3 Å². The predicted molar refractivity (Wildman–Crippen MR) is 66.3 cm³/mol. The Hall–Kier alpha value is -2.22. The molecule has 0 spiro atoms. The van der Waals surface area contributed by atoms with Gasteiger partial charge in [-0.1, -0.05) is 19.7 Å². The Bertz CT molecular complexity index is 283. The van der Waals surface area contributed by atoms with Crippen molar-refractivity contribution < 1.29 is 33.8 Å². The van der Waals surface area contributed by atoms with Gasteiger partial charge in [-0.25, -0.2) is 0 Å². The standard InChI is InChI=1S/3C4H6O2.FSi/c3*1-3(2)4(5)6;1-2/h3*1H2,2H3,(H,5,6);/q;;;+3/p-3. The Morgan fingerprint density at radius 2 is 0.750 bits per heavy atom. The Balaban J connectivity index is -0.0000000902. The van der Waals surface area contributed by atoms with E-state index in [-0.39, 0.29) is 16.7 Å². The van der Waals surface area contributed by atoms with Gasteiger partial charge in [0.15, 0.2) is 0 Å². The van der Waals surface area contributed by atoms with E-state index in [1.54, 1.807) is 0 Å². The number of hydrogen-bond acceptors (Lipinski definition) is 6. The zero-order valence-electron chi connectivity index (χ0n) is 11.4. The van der Waals surface area contributed by atoms with Gasteiger partial charge in [0.2, 0.25) is 0 Å². The van der Waals surface area contributed by atoms with Gasteiger partial charge in [-0.15, -0.1) is 0 Å². The summed E-state index contributed by atoms with van der Waals surface area (Å²) < 4.78 is 9.31. The zero-order valence-corrected chi connectivity index (χ0v) is 12.4. The van der Waals surface area contributed by atoms with Gasteiger partial charge in [0, 0.05) is 0 Å². The van der Waals surface area contributed by atoms with Gasteiger partial charge in [-0.2, -0.15) is 0 Å². The number of carboxylic acid groups (broad SMARTS) is 3. The predicted octanol–water partition coefficient (Wildman–Crippen LogP) is -2.02. The van der Waals surface area contributed by atoms with Gasteiger partial charge < -0.3 is 29.7 Å². The molecular formula is C12H15FO6Si. The van der Waals surface area contributed by atoms with Crippen LogP contribution in [-0.2, 0) is 14.4 Å². The van der Waals surface area contributed by atoms with E-state index in [9.17, 15) is 33.8 Å². The van der Waals surface area contributed by atoms with Crippen LogP contribution in [0.15, 0.2) is 36.5 Å². The first-order chi connectivity index (χ1) is 8.93. The van der Waals surface area contributed by atoms with Crippen molar-refractivity contribution in [1.29, 1.82) is 0 Å². The van der Waals surface area contributed by atoms with Crippen LogP contribution < -0.4 is 15.3 Å². The Morgan fingerprint density at radius 3 is 0.750 bits per heavy atom. The molecule has 0 saturated carbocycles. The normalized spacial score (nSPS) is 7.10. The Kier molecular flexibility index (Phi) is 22.1. The van der Waals surface area contributed by atoms with Crippen LogP contribution in [-0.4, -0.2) is 28.5 Å². The molecule has 0 aliphatic carbocycles. The van der Waals surface area contributed by atoms with E-state index in [0.717, 1.165) is 0 Å². The first-order valence-electron chi connectivity index (χ1n) is 4.72. The van der Waals surface area contributed by atoms with E-state index < -0.39 is 17.9 Å². The molecule has 0 atom stereocenters. The summed E-state index contributed by atoms with van der Waals surface area (Å²) in [7, 11) is 1.47. The molecule has 0 aliphatic rings. The van der Waals surface area contributed by atoms with Crippen molar-refractivity contribution in [3.63, 3.8) is 0 Å². The van der Waals surface area contributed by atoms with Gasteiger partial charge in [0.1, 0.15) is 0 Å². The fourth-order valence-corrected chi connectivity index (χ4v) is 0. The first-order valence-corrected chi connectivity index (χ1v) is 5.10. The second-order valence-electron chi connectivity index (χ2n) is 3.20. The van der Waals surface area contributed by atoms with Crippen molar-refractivity contribution in [3.05, 3.63) is 36.5 Å². The molecule has 0 rings (SSSR count). The SMILES string of the molecule is C=C(C)C(=O)[O-].C=C(C)C(=O)[O-].C=C(C)C(=O)[O-].F[Si+3]. The topological polar surface area (TPSA) is 120 Å². The van der Waals surface area contributed by atoms with Crippen molar-refractivity contribution in [2.45, 2.75) is 20.8 Å². The molecule has 0 fully saturated rings. The molecule has 20 heavy (non-hydrogen) atoms. The van der Waals surface area contributed by atoms with Gasteiger partial charge in [0.25, 0.3) is 0 Å². The van der Waals surface area contributed by atoms with Gasteiger partial charge in [-0.05, 0) is 37.5 Å². The summed E-state index contributed by atoms with van der Waals surface area (Å²) in [6.07, 6.45) is 0. The summed E-state index contributed by atoms with van der Waals surface area (Å²) in [5, 5.41) is 28.5. The van der Waals surface area contributed by atoms with Crippen molar-refractivity contribution in [1.82, 2.24) is 0 Å². The molecule has 0 heterocycles. The van der Waals surface area contributed by atoms with Gasteiger partial charge in [0.05, 0.1) is 17.9 Å². The van der Waals surface area contributed by atoms with Crippen LogP contribution in [0.1, 0.15) is 20.8 Å². The van der Waals surface area contributed by atoms with Crippen LogP contribution in [0.2, 0.25) is 0 Å². The molecule has 6 nitrogen and oxygen atoms in total. The van der Waals surface area contributed by atoms with Crippen molar-refractivity contribution in [2.24, 2.45) is 0 Å². The number of carbonyl (C=O) groups is 3. The molecule has 8 heteroatoms. The minimum absolute atomic E-state index is 0.0648. The molecule has 0 radical (unpaired) electrons. The summed E-state index contributed by atoms with van der Waals surface area (Å²) in [5.41, 5.74) is 0.194. The fraction of sp³-hybridized carbons (Fsp3) is 0.250. The number of halogens is 1. The van der Waals surface area contributed by atoms with Crippen LogP contribution in [0, 0.1) is 0 Å². The van der Waals surface area contributed by atoms with Crippen LogP contribution in [0.3, 0.4) is 0 Å². The average molecular weight is 302 g/mol. The molecule has 0 bridgehead atoms. The Morgan fingerprint density at radius 1 is 0.700 bits per heavy atom. The van der Waals surface area contributed by atoms with Crippen LogP contribution in [0.4, 0.5) is 4.11 Å². The third-order valence-corrected chi connectivity index (χ3v) is 1.05. The molecular weight excluding hydrogens is 287 g/mol. The van der Waals surface area contributed by atoms with Gasteiger partial charge in [-0.3, -0.25) is 0 Å². The van der Waals surface area contributed by atoms with E-state index >= 15 is 0 Å². The summed E-state index contributed by atoms with van der Waals surface area (Å²) in [6.45, 7) is 13.4. The summed E-state index contributed by atoms with van der Waals surface area (Å²) in [5.74, 6) is -3.56. The number of aliphatic carboxylic acids is 3. The maximum atomic E-state index is 9.49. The number of rotatable bonds is 3. The van der Waals surface area contributed by atoms with Gasteiger partial charge >= 0.3 is 14.7 Å². The van der Waals surface area contributed by atoms with E-state index in [4.69, 9.17) is 0 Å². The summed E-state index contributed by atoms with van der Waals surface area (Å²) in [4.78, 5) is 28.5. The second kappa shape index (κ2) is 16.8. The first kappa shape index (κ1) is 26.4. The molecule has 0 aromatic carbocycles. The maximum absolute atomic E-state index is 9.49. The fourth-order valence-electron chi connectivity index (χ4n) is 0. The molecule has 0 saturated heterocycles. The molecule has 0 N–H and O–H groups in total. The average Bonchev–Trinajstić information content (AvgIpc) is 2.32. The number of carboxylic acids is 3. The molecule has 110 valence electrons. The number of hydrogen-bond donors (Lipinski definition) is 0. The zero-order chi connectivity index (χ0) is 17.5. The third kappa shape index (κ3) is 36.0. The van der Waals surface area contributed by atoms with Crippen LogP contribution in [0.5, 0.6) is 0 Å². The molecule has 0 unspecified atom stereocenters. The van der Waals surface area contributed by atoms with E-state index in [1.807, 2.05) is 0 Å². The number of carbonyl (C=O) groups excluding carboxylic acids is 3. The van der Waals surface area contributed by atoms with Crippen molar-refractivity contribution in [2.75, 3.05) is 0 Å². The van der Waals surface area contributed by atoms with Crippen molar-refractivity contribution >= 4 is 28.5 Å². The Labute approximate surface area is 120 Å². The molecule has 0 aliphatic heterocycles. The van der Waals surface area contributed by atoms with Crippen molar-refractivity contribution in [3.8, 4) is 0 Å². The van der Waals surface area contributed by atoms with Crippen LogP contribution in [0.25, 0.3) is 0 Å². The monoisotopic (exact) mass is 302 g/mol. The summed E-state index contributed by atoms with van der Waals surface area (Å²) in [6, 6.07) is 0. The van der Waals surface area contributed by atoms with E-state index in [0.29, 0.717) is 0 Å². The molecule has 0 aromatic heterocycles. The quantitative estimate of drug-likeness (QED) is 0.337. The molecule has 0 aromatic rings. The van der Waals surface area contributed by atoms with E-state index in [2.05, 4.69) is 19.7 Å². The summed E-state index contributed by atoms with van der Waals surface area (Å²) >= 11 is 0.